The summed E-state index contributed by atoms with van der Waals surface area (Å²) in [5.41, 5.74) is -0.470. The number of benzene rings is 1. The zero-order chi connectivity index (χ0) is 13.2. The highest BCUT2D eigenvalue weighted by Crippen LogP contribution is 2.26. The summed E-state index contributed by atoms with van der Waals surface area (Å²) in [4.78, 5) is 11.8. The maximum atomic E-state index is 11.8. The second-order valence-electron chi connectivity index (χ2n) is 3.36. The first-order chi connectivity index (χ1) is 7.74. The lowest BCUT2D eigenvalue weighted by Crippen LogP contribution is -2.36. The smallest absolute Gasteiger partial charge is 0.258 e. The molecule has 0 spiro atoms. The van der Waals surface area contributed by atoms with Crippen molar-refractivity contribution in [3.8, 4) is 0 Å². The van der Waals surface area contributed by atoms with Crippen LogP contribution in [0.25, 0.3) is 0 Å². The Morgan fingerprint density at radius 2 is 2.00 bits per heavy atom. The first-order valence-corrected chi connectivity index (χ1v) is 6.65. The molecule has 1 rings (SSSR count). The predicted molar refractivity (Wildman–Crippen MR) is 64.8 cm³/mol. The van der Waals surface area contributed by atoms with Crippen LogP contribution in [-0.2, 0) is 10.0 Å². The summed E-state index contributed by atoms with van der Waals surface area (Å²) in [6, 6.07) is 3.73. The van der Waals surface area contributed by atoms with Gasteiger partial charge in [0.25, 0.3) is 15.7 Å². The van der Waals surface area contributed by atoms with Gasteiger partial charge in [-0.3, -0.25) is 10.1 Å². The van der Waals surface area contributed by atoms with Crippen LogP contribution in [-0.4, -0.2) is 32.4 Å². The van der Waals surface area contributed by atoms with Crippen molar-refractivity contribution in [1.82, 2.24) is 9.84 Å². The second kappa shape index (κ2) is 5.08. The van der Waals surface area contributed by atoms with E-state index in [1.54, 1.807) is 0 Å². The molecule has 0 atom stereocenters. The Bertz CT molecular complexity index is 544. The molecule has 0 aliphatic carbocycles. The minimum absolute atomic E-state index is 0.384. The van der Waals surface area contributed by atoms with Crippen molar-refractivity contribution in [3.05, 3.63) is 32.8 Å². The maximum Gasteiger partial charge on any atom is 0.289 e. The lowest BCUT2D eigenvalue weighted by atomic mass is 10.3. The standard InChI is InChI=1S/C8H10BrN3O4S/c1-11(2)10-17(15,16)8-5-6(9)3-4-7(8)12(13)14/h3-5,10H,1-2H3. The summed E-state index contributed by atoms with van der Waals surface area (Å²) in [7, 11) is -1.01. The zero-order valence-corrected chi connectivity index (χ0v) is 11.4. The van der Waals surface area contributed by atoms with Crippen LogP contribution in [0.5, 0.6) is 0 Å². The number of sulfonamides is 1. The third-order valence-electron chi connectivity index (χ3n) is 1.71. The molecule has 0 saturated carbocycles. The monoisotopic (exact) mass is 323 g/mol. The first-order valence-electron chi connectivity index (χ1n) is 4.38. The Kier molecular flexibility index (Phi) is 4.20. The lowest BCUT2D eigenvalue weighted by Gasteiger charge is -2.12. The predicted octanol–water partition coefficient (Wildman–Crippen LogP) is 1.11. The molecule has 0 amide bonds. The van der Waals surface area contributed by atoms with Gasteiger partial charge in [-0.1, -0.05) is 15.9 Å². The van der Waals surface area contributed by atoms with Gasteiger partial charge in [-0.15, -0.1) is 4.83 Å². The molecule has 0 radical (unpaired) electrons. The fourth-order valence-electron chi connectivity index (χ4n) is 1.14. The van der Waals surface area contributed by atoms with Crippen LogP contribution in [0, 0.1) is 10.1 Å². The van der Waals surface area contributed by atoms with E-state index in [9.17, 15) is 18.5 Å². The molecule has 0 fully saturated rings. The van der Waals surface area contributed by atoms with Crippen LogP contribution in [0.3, 0.4) is 0 Å². The van der Waals surface area contributed by atoms with Gasteiger partial charge in [0.1, 0.15) is 0 Å². The van der Waals surface area contributed by atoms with Crippen LogP contribution in [0.4, 0.5) is 5.69 Å². The minimum Gasteiger partial charge on any atom is -0.258 e. The summed E-state index contributed by atoms with van der Waals surface area (Å²) in [5, 5.41) is 11.9. The van der Waals surface area contributed by atoms with Gasteiger partial charge in [-0.25, -0.2) is 13.4 Å². The molecule has 17 heavy (non-hydrogen) atoms. The number of nitrogens with zero attached hydrogens (tertiary/aromatic N) is 2. The molecule has 7 nitrogen and oxygen atoms in total. The first kappa shape index (κ1) is 14.0. The third-order valence-corrected chi connectivity index (χ3v) is 3.72. The number of halogens is 1. The Hall–Kier alpha value is -1.03. The SMILES string of the molecule is CN(C)NS(=O)(=O)c1cc(Br)ccc1[N+](=O)[O-]. The molecule has 1 aromatic rings. The Balaban J connectivity index is 3.38. The van der Waals surface area contributed by atoms with E-state index in [2.05, 4.69) is 20.8 Å². The van der Waals surface area contributed by atoms with Crippen molar-refractivity contribution in [2.75, 3.05) is 14.1 Å². The molecule has 0 saturated heterocycles. The van der Waals surface area contributed by atoms with Crippen molar-refractivity contribution < 1.29 is 13.3 Å². The fraction of sp³-hybridized carbons (Fsp3) is 0.250. The van der Waals surface area contributed by atoms with Gasteiger partial charge in [-0.2, -0.15) is 0 Å². The minimum atomic E-state index is -3.95. The van der Waals surface area contributed by atoms with E-state index in [1.165, 1.54) is 31.2 Å². The van der Waals surface area contributed by atoms with E-state index in [-0.39, 0.29) is 4.90 Å². The number of hydrogen-bond donors (Lipinski definition) is 1. The zero-order valence-electron chi connectivity index (χ0n) is 9.05. The topological polar surface area (TPSA) is 92.6 Å². The van der Waals surface area contributed by atoms with Crippen LogP contribution in [0.15, 0.2) is 27.6 Å². The van der Waals surface area contributed by atoms with E-state index in [0.717, 1.165) is 6.07 Å². The summed E-state index contributed by atoms with van der Waals surface area (Å²) in [6.07, 6.45) is 0. The van der Waals surface area contributed by atoms with Crippen LogP contribution >= 0.6 is 15.9 Å². The Morgan fingerprint density at radius 3 is 2.47 bits per heavy atom. The molecule has 9 heteroatoms. The van der Waals surface area contributed by atoms with Crippen molar-refractivity contribution in [2.24, 2.45) is 0 Å². The van der Waals surface area contributed by atoms with Crippen molar-refractivity contribution in [1.29, 1.82) is 0 Å². The number of hydrazine groups is 1. The number of rotatable bonds is 4. The number of nitrogens with one attached hydrogen (secondary N) is 1. The van der Waals surface area contributed by atoms with Crippen LogP contribution in [0.2, 0.25) is 0 Å². The summed E-state index contributed by atoms with van der Waals surface area (Å²) in [5.74, 6) is 0. The number of nitro benzene ring substituents is 1. The Morgan fingerprint density at radius 1 is 1.41 bits per heavy atom. The van der Waals surface area contributed by atoms with Gasteiger partial charge >= 0.3 is 0 Å². The van der Waals surface area contributed by atoms with E-state index in [0.29, 0.717) is 4.47 Å². The highest BCUT2D eigenvalue weighted by atomic mass is 79.9. The van der Waals surface area contributed by atoms with Gasteiger partial charge in [0, 0.05) is 24.6 Å². The quantitative estimate of drug-likeness (QED) is 0.662. The van der Waals surface area contributed by atoms with Crippen molar-refractivity contribution >= 4 is 31.6 Å². The molecular weight excluding hydrogens is 314 g/mol. The molecule has 1 aromatic carbocycles. The molecule has 0 aliphatic heterocycles. The van der Waals surface area contributed by atoms with Gasteiger partial charge in [0.15, 0.2) is 4.90 Å². The lowest BCUT2D eigenvalue weighted by molar-refractivity contribution is -0.387. The molecule has 0 aromatic heterocycles. The summed E-state index contributed by atoms with van der Waals surface area (Å²) < 4.78 is 24.1. The maximum absolute atomic E-state index is 11.8. The third kappa shape index (κ3) is 3.46. The summed E-state index contributed by atoms with van der Waals surface area (Å²) >= 11 is 3.08. The van der Waals surface area contributed by atoms with Gasteiger partial charge < -0.3 is 0 Å². The molecule has 94 valence electrons. The van der Waals surface area contributed by atoms with E-state index in [1.807, 2.05) is 0 Å². The molecule has 0 bridgehead atoms. The van der Waals surface area contributed by atoms with Crippen molar-refractivity contribution in [2.45, 2.75) is 4.90 Å². The van der Waals surface area contributed by atoms with E-state index >= 15 is 0 Å². The summed E-state index contributed by atoms with van der Waals surface area (Å²) in [6.45, 7) is 0. The molecule has 0 heterocycles. The van der Waals surface area contributed by atoms with Gasteiger partial charge in [0.2, 0.25) is 0 Å². The highest BCUT2D eigenvalue weighted by molar-refractivity contribution is 9.10. The van der Waals surface area contributed by atoms with Gasteiger partial charge in [-0.05, 0) is 12.1 Å². The Labute approximate surface area is 107 Å². The molecule has 1 N–H and O–H groups in total. The largest absolute Gasteiger partial charge is 0.289 e. The van der Waals surface area contributed by atoms with Crippen molar-refractivity contribution in [3.63, 3.8) is 0 Å². The average Bonchev–Trinajstić information content (AvgIpc) is 2.14. The highest BCUT2D eigenvalue weighted by Gasteiger charge is 2.26. The normalized spacial score (nSPS) is 11.8. The fourth-order valence-corrected chi connectivity index (χ4v) is 2.94. The van der Waals surface area contributed by atoms with E-state index in [4.69, 9.17) is 0 Å². The molecular formula is C8H10BrN3O4S. The van der Waals surface area contributed by atoms with Gasteiger partial charge in [0.05, 0.1) is 4.92 Å². The number of nitro groups is 1. The molecule has 0 aliphatic rings. The molecule has 0 unspecified atom stereocenters. The second-order valence-corrected chi connectivity index (χ2v) is 5.90. The van der Waals surface area contributed by atoms with Crippen LogP contribution in [0.1, 0.15) is 0 Å². The van der Waals surface area contributed by atoms with E-state index < -0.39 is 20.6 Å². The van der Waals surface area contributed by atoms with Crippen LogP contribution < -0.4 is 4.83 Å². The number of hydrogen-bond acceptors (Lipinski definition) is 5. The average molecular weight is 324 g/mol.